The summed E-state index contributed by atoms with van der Waals surface area (Å²) < 4.78 is 25.8. The summed E-state index contributed by atoms with van der Waals surface area (Å²) in [6.45, 7) is 6.50. The van der Waals surface area contributed by atoms with Crippen LogP contribution in [-0.2, 0) is 15.4 Å². The first-order valence-corrected chi connectivity index (χ1v) is 11.4. The fraction of sp³-hybridized carbons (Fsp3) is 0.238. The Balaban J connectivity index is 1.72. The summed E-state index contributed by atoms with van der Waals surface area (Å²) in [6.07, 6.45) is 0. The Hall–Kier alpha value is -2.55. The van der Waals surface area contributed by atoms with Crippen molar-refractivity contribution in [3.05, 3.63) is 65.0 Å². The first-order chi connectivity index (χ1) is 13.6. The molecule has 2 N–H and O–H groups in total. The maximum Gasteiger partial charge on any atom is 0.257 e. The van der Waals surface area contributed by atoms with E-state index >= 15 is 0 Å². The molecule has 0 atom stereocenters. The molecule has 0 radical (unpaired) electrons. The summed E-state index contributed by atoms with van der Waals surface area (Å²) in [5.74, 6) is -0.345. The van der Waals surface area contributed by atoms with Crippen LogP contribution in [0, 0.1) is 0 Å². The Morgan fingerprint density at radius 1 is 1.00 bits per heavy atom. The van der Waals surface area contributed by atoms with E-state index in [-0.39, 0.29) is 16.2 Å². The van der Waals surface area contributed by atoms with Crippen LogP contribution in [0.2, 0.25) is 0 Å². The van der Waals surface area contributed by atoms with Crippen molar-refractivity contribution in [2.45, 2.75) is 31.1 Å². The van der Waals surface area contributed by atoms with Gasteiger partial charge in [0.1, 0.15) is 0 Å². The maximum atomic E-state index is 12.4. The summed E-state index contributed by atoms with van der Waals surface area (Å²) in [6, 6.07) is 14.0. The topological polar surface area (TPSA) is 88.2 Å². The molecular formula is C21H23N3O3S2. The van der Waals surface area contributed by atoms with Gasteiger partial charge in [-0.05, 0) is 42.3 Å². The lowest BCUT2D eigenvalue weighted by atomic mass is 9.86. The Morgan fingerprint density at radius 3 is 2.17 bits per heavy atom. The zero-order valence-electron chi connectivity index (χ0n) is 16.7. The SMILES string of the molecule is CNS(=O)(=O)c1ccc(C(=O)Nc2nc(-c3ccc(C(C)(C)C)cc3)cs2)cc1. The highest BCUT2D eigenvalue weighted by Crippen LogP contribution is 2.28. The minimum absolute atomic E-state index is 0.0851. The normalized spacial score (nSPS) is 12.0. The molecule has 0 aliphatic carbocycles. The lowest BCUT2D eigenvalue weighted by Gasteiger charge is -2.18. The van der Waals surface area contributed by atoms with Gasteiger partial charge in [0.2, 0.25) is 10.0 Å². The third-order valence-electron chi connectivity index (χ3n) is 4.47. The minimum Gasteiger partial charge on any atom is -0.298 e. The molecule has 1 amide bonds. The molecule has 3 aromatic rings. The van der Waals surface area contributed by atoms with Crippen LogP contribution in [0.4, 0.5) is 5.13 Å². The molecule has 0 aliphatic heterocycles. The zero-order chi connectivity index (χ0) is 21.2. The number of nitrogens with one attached hydrogen (secondary N) is 2. The molecule has 3 rings (SSSR count). The molecule has 0 saturated heterocycles. The molecule has 1 heterocycles. The number of benzene rings is 2. The van der Waals surface area contributed by atoms with Gasteiger partial charge in [0.15, 0.2) is 5.13 Å². The highest BCUT2D eigenvalue weighted by molar-refractivity contribution is 7.89. The van der Waals surface area contributed by atoms with Crippen LogP contribution < -0.4 is 10.0 Å². The van der Waals surface area contributed by atoms with E-state index in [2.05, 4.69) is 47.9 Å². The van der Waals surface area contributed by atoms with Crippen LogP contribution in [0.15, 0.2) is 58.8 Å². The zero-order valence-corrected chi connectivity index (χ0v) is 18.3. The van der Waals surface area contributed by atoms with Gasteiger partial charge in [-0.3, -0.25) is 10.1 Å². The Kier molecular flexibility index (Phi) is 5.88. The van der Waals surface area contributed by atoms with Gasteiger partial charge >= 0.3 is 0 Å². The Bertz CT molecular complexity index is 1110. The number of carbonyl (C=O) groups is 1. The van der Waals surface area contributed by atoms with Gasteiger partial charge in [-0.2, -0.15) is 0 Å². The average molecular weight is 430 g/mol. The van der Waals surface area contributed by atoms with Crippen LogP contribution in [-0.4, -0.2) is 26.4 Å². The van der Waals surface area contributed by atoms with Crippen LogP contribution in [0.1, 0.15) is 36.7 Å². The predicted octanol–water partition coefficient (Wildman–Crippen LogP) is 4.27. The van der Waals surface area contributed by atoms with Crippen molar-refractivity contribution in [3.63, 3.8) is 0 Å². The molecular weight excluding hydrogens is 406 g/mol. The number of nitrogens with zero attached hydrogens (tertiary/aromatic N) is 1. The van der Waals surface area contributed by atoms with Crippen molar-refractivity contribution in [2.24, 2.45) is 0 Å². The molecule has 2 aromatic carbocycles. The largest absolute Gasteiger partial charge is 0.298 e. The number of amides is 1. The molecule has 8 heteroatoms. The smallest absolute Gasteiger partial charge is 0.257 e. The second-order valence-electron chi connectivity index (χ2n) is 7.55. The van der Waals surface area contributed by atoms with E-state index in [9.17, 15) is 13.2 Å². The van der Waals surface area contributed by atoms with Gasteiger partial charge in [-0.25, -0.2) is 18.1 Å². The molecule has 0 unspecified atom stereocenters. The van der Waals surface area contributed by atoms with Crippen molar-refractivity contribution in [3.8, 4) is 11.3 Å². The Labute approximate surface area is 175 Å². The van der Waals surface area contributed by atoms with Gasteiger partial charge in [0.25, 0.3) is 5.91 Å². The van der Waals surface area contributed by atoms with E-state index < -0.39 is 10.0 Å². The molecule has 0 bridgehead atoms. The molecule has 6 nitrogen and oxygen atoms in total. The number of hydrogen-bond donors (Lipinski definition) is 2. The predicted molar refractivity (Wildman–Crippen MR) is 117 cm³/mol. The van der Waals surface area contributed by atoms with Crippen molar-refractivity contribution in [1.82, 2.24) is 9.71 Å². The van der Waals surface area contributed by atoms with Gasteiger partial charge < -0.3 is 0 Å². The number of sulfonamides is 1. The summed E-state index contributed by atoms with van der Waals surface area (Å²) in [5.41, 5.74) is 3.46. The van der Waals surface area contributed by atoms with Gasteiger partial charge in [-0.15, -0.1) is 11.3 Å². The molecule has 152 valence electrons. The molecule has 0 aliphatic rings. The maximum absolute atomic E-state index is 12.4. The van der Waals surface area contributed by atoms with Crippen LogP contribution in [0.3, 0.4) is 0 Å². The molecule has 0 saturated carbocycles. The van der Waals surface area contributed by atoms with Crippen molar-refractivity contribution in [2.75, 3.05) is 12.4 Å². The van der Waals surface area contributed by atoms with Gasteiger partial charge in [0.05, 0.1) is 10.6 Å². The fourth-order valence-corrected chi connectivity index (χ4v) is 4.12. The molecule has 1 aromatic heterocycles. The van der Waals surface area contributed by atoms with Crippen molar-refractivity contribution in [1.29, 1.82) is 0 Å². The van der Waals surface area contributed by atoms with Crippen LogP contribution in [0.5, 0.6) is 0 Å². The third kappa shape index (κ3) is 4.90. The first kappa shape index (κ1) is 21.2. The van der Waals surface area contributed by atoms with E-state index in [1.165, 1.54) is 48.2 Å². The lowest BCUT2D eigenvalue weighted by Crippen LogP contribution is -2.19. The van der Waals surface area contributed by atoms with E-state index in [1.54, 1.807) is 0 Å². The Morgan fingerprint density at radius 2 is 1.62 bits per heavy atom. The minimum atomic E-state index is -3.53. The third-order valence-corrected chi connectivity index (χ3v) is 6.65. The van der Waals surface area contributed by atoms with Gasteiger partial charge in [-0.1, -0.05) is 45.0 Å². The van der Waals surface area contributed by atoms with E-state index in [4.69, 9.17) is 0 Å². The number of thiazole rings is 1. The van der Waals surface area contributed by atoms with E-state index in [0.717, 1.165) is 11.3 Å². The monoisotopic (exact) mass is 429 g/mol. The summed E-state index contributed by atoms with van der Waals surface area (Å²) in [7, 11) is -2.19. The van der Waals surface area contributed by atoms with Crippen molar-refractivity contribution < 1.29 is 13.2 Å². The second-order valence-corrected chi connectivity index (χ2v) is 10.3. The number of rotatable bonds is 5. The van der Waals surface area contributed by atoms with E-state index in [1.807, 2.05) is 17.5 Å². The number of carbonyl (C=O) groups excluding carboxylic acids is 1. The van der Waals surface area contributed by atoms with Crippen LogP contribution >= 0.6 is 11.3 Å². The highest BCUT2D eigenvalue weighted by Gasteiger charge is 2.15. The molecule has 29 heavy (non-hydrogen) atoms. The summed E-state index contributed by atoms with van der Waals surface area (Å²) in [5, 5.41) is 5.14. The van der Waals surface area contributed by atoms with Gasteiger partial charge in [0, 0.05) is 16.5 Å². The number of hydrogen-bond acceptors (Lipinski definition) is 5. The number of anilines is 1. The van der Waals surface area contributed by atoms with Crippen molar-refractivity contribution >= 4 is 32.4 Å². The lowest BCUT2D eigenvalue weighted by molar-refractivity contribution is 0.102. The highest BCUT2D eigenvalue weighted by atomic mass is 32.2. The fourth-order valence-electron chi connectivity index (χ4n) is 2.68. The van der Waals surface area contributed by atoms with E-state index in [0.29, 0.717) is 10.7 Å². The van der Waals surface area contributed by atoms with Crippen LogP contribution in [0.25, 0.3) is 11.3 Å². The first-order valence-electron chi connectivity index (χ1n) is 9.01. The summed E-state index contributed by atoms with van der Waals surface area (Å²) in [4.78, 5) is 17.0. The number of aromatic nitrogens is 1. The quantitative estimate of drug-likeness (QED) is 0.634. The molecule has 0 spiro atoms. The second kappa shape index (κ2) is 8.06. The summed E-state index contributed by atoms with van der Waals surface area (Å²) >= 11 is 1.34. The average Bonchev–Trinajstić information content (AvgIpc) is 3.16. The molecule has 0 fully saturated rings. The standard InChI is InChI=1S/C21H23N3O3S2/c1-21(2,3)16-9-5-14(6-10-16)18-13-28-20(23-18)24-19(25)15-7-11-17(12-8-15)29(26,27)22-4/h5-13,22H,1-4H3,(H,23,24,25).